The van der Waals surface area contributed by atoms with Crippen molar-refractivity contribution in [3.8, 4) is 0 Å². The number of hydrogen-bond donors (Lipinski definition) is 2. The third-order valence-electron chi connectivity index (χ3n) is 4.63. The van der Waals surface area contributed by atoms with Gasteiger partial charge in [0.1, 0.15) is 6.54 Å². The lowest BCUT2D eigenvalue weighted by atomic mass is 10.2. The molecule has 8 heteroatoms. The second kappa shape index (κ2) is 14.9. The summed E-state index contributed by atoms with van der Waals surface area (Å²) in [7, 11) is 3.44. The van der Waals surface area contributed by atoms with Gasteiger partial charge in [0.2, 0.25) is 11.8 Å². The van der Waals surface area contributed by atoms with Gasteiger partial charge in [0.05, 0.1) is 6.42 Å². The van der Waals surface area contributed by atoms with E-state index in [1.165, 1.54) is 11.1 Å². The fourth-order valence-corrected chi connectivity index (χ4v) is 4.59. The van der Waals surface area contributed by atoms with Crippen molar-refractivity contribution >= 4 is 33.4 Å². The Morgan fingerprint density at radius 2 is 1.19 bits per heavy atom. The molecular weight excluding hydrogens is 428 g/mol. The number of nitrogens with one attached hydrogen (secondary N) is 2. The Hall–Kier alpha value is -2.06. The predicted octanol–water partition coefficient (Wildman–Crippen LogP) is 2.36. The van der Waals surface area contributed by atoms with Gasteiger partial charge in [-0.3, -0.25) is 9.59 Å². The summed E-state index contributed by atoms with van der Waals surface area (Å²) in [5.41, 5.74) is 2.45. The fourth-order valence-electron chi connectivity index (χ4n) is 2.77. The maximum atomic E-state index is 11.9. The van der Waals surface area contributed by atoms with Gasteiger partial charge in [-0.1, -0.05) is 21.6 Å². The van der Waals surface area contributed by atoms with E-state index in [1.807, 2.05) is 48.4 Å². The van der Waals surface area contributed by atoms with Gasteiger partial charge in [0.25, 0.3) is 0 Å². The zero-order valence-corrected chi connectivity index (χ0v) is 20.1. The molecule has 0 unspecified atom stereocenters. The Morgan fingerprint density at radius 3 is 1.71 bits per heavy atom. The van der Waals surface area contributed by atoms with Crippen molar-refractivity contribution < 1.29 is 18.7 Å². The monoisotopic (exact) mass is 462 g/mol. The molecule has 0 fully saturated rings. The second-order valence-corrected chi connectivity index (χ2v) is 10.1. The molecule has 0 radical (unpaired) electrons. The zero-order chi connectivity index (χ0) is 22.3. The van der Waals surface area contributed by atoms with Gasteiger partial charge < -0.3 is 10.6 Å². The molecule has 0 saturated heterocycles. The number of aryl methyl sites for hydroxylation is 4. The van der Waals surface area contributed by atoms with Crippen LogP contribution >= 0.6 is 21.6 Å². The van der Waals surface area contributed by atoms with Gasteiger partial charge in [0, 0.05) is 61.7 Å². The number of pyridine rings is 2. The fraction of sp³-hybridized carbons (Fsp3) is 0.478. The summed E-state index contributed by atoms with van der Waals surface area (Å²) in [6.45, 7) is 7.00. The molecule has 2 rings (SSSR count). The number of carbonyl (C=O) groups excluding carboxylic acids is 2. The van der Waals surface area contributed by atoms with Gasteiger partial charge in [-0.2, -0.15) is 0 Å². The minimum atomic E-state index is 0.0785. The second-order valence-electron chi connectivity index (χ2n) is 7.42. The molecule has 0 bridgehead atoms. The van der Waals surface area contributed by atoms with E-state index in [1.54, 1.807) is 21.6 Å². The van der Waals surface area contributed by atoms with Gasteiger partial charge >= 0.3 is 0 Å². The number of amides is 2. The molecule has 0 aromatic carbocycles. The molecule has 0 saturated carbocycles. The van der Waals surface area contributed by atoms with Crippen molar-refractivity contribution in [3.63, 3.8) is 0 Å². The van der Waals surface area contributed by atoms with Crippen molar-refractivity contribution in [2.24, 2.45) is 0 Å². The van der Waals surface area contributed by atoms with E-state index in [9.17, 15) is 9.59 Å². The molecule has 6 nitrogen and oxygen atoms in total. The molecule has 0 atom stereocenters. The highest BCUT2D eigenvalue weighted by molar-refractivity contribution is 8.76. The number of hydrogen-bond acceptors (Lipinski definition) is 4. The summed E-state index contributed by atoms with van der Waals surface area (Å²) in [6, 6.07) is 8.23. The Bertz CT molecular complexity index is 798. The maximum absolute atomic E-state index is 11.9. The van der Waals surface area contributed by atoms with E-state index in [0.29, 0.717) is 32.5 Å². The third-order valence-corrected chi connectivity index (χ3v) is 7.04. The molecule has 2 aromatic heterocycles. The summed E-state index contributed by atoms with van der Waals surface area (Å²) in [6.07, 6.45) is 9.96. The first kappa shape index (κ1) is 25.2. The van der Waals surface area contributed by atoms with Crippen LogP contribution in [0.25, 0.3) is 0 Å². The van der Waals surface area contributed by atoms with E-state index >= 15 is 0 Å². The van der Waals surface area contributed by atoms with Crippen molar-refractivity contribution in [2.45, 2.75) is 46.2 Å². The van der Waals surface area contributed by atoms with Gasteiger partial charge in [0.15, 0.2) is 31.3 Å². The quantitative estimate of drug-likeness (QED) is 0.257. The summed E-state index contributed by atoms with van der Waals surface area (Å²) in [5.74, 6) is 1.91. The molecule has 0 spiro atoms. The Balaban J connectivity index is 1.39. The predicted molar refractivity (Wildman–Crippen MR) is 128 cm³/mol. The average molecular weight is 463 g/mol. The van der Waals surface area contributed by atoms with Crippen LogP contribution in [0.3, 0.4) is 0 Å². The Kier molecular flexibility index (Phi) is 12.1. The van der Waals surface area contributed by atoms with Crippen molar-refractivity contribution in [3.05, 3.63) is 60.2 Å². The zero-order valence-electron chi connectivity index (χ0n) is 18.5. The topological polar surface area (TPSA) is 66.0 Å². The van der Waals surface area contributed by atoms with E-state index < -0.39 is 0 Å². The van der Waals surface area contributed by atoms with Crippen molar-refractivity contribution in [1.29, 1.82) is 0 Å². The average Bonchev–Trinajstić information content (AvgIpc) is 2.76. The molecule has 0 aliphatic rings. The number of nitrogens with zero attached hydrogens (tertiary/aromatic N) is 2. The molecule has 2 heterocycles. The lowest BCUT2D eigenvalue weighted by molar-refractivity contribution is -0.697. The maximum Gasteiger partial charge on any atom is 0.226 e. The summed E-state index contributed by atoms with van der Waals surface area (Å²) in [5, 5.41) is 5.92. The van der Waals surface area contributed by atoms with Crippen LogP contribution in [-0.2, 0) is 22.7 Å². The highest BCUT2D eigenvalue weighted by Gasteiger charge is 2.06. The molecule has 0 aliphatic heterocycles. The lowest BCUT2D eigenvalue weighted by Gasteiger charge is -2.05. The van der Waals surface area contributed by atoms with E-state index in [2.05, 4.69) is 34.3 Å². The first-order valence-corrected chi connectivity index (χ1v) is 13.2. The van der Waals surface area contributed by atoms with Crippen LogP contribution in [0.1, 0.15) is 30.4 Å². The molecule has 0 aliphatic carbocycles. The van der Waals surface area contributed by atoms with Crippen molar-refractivity contribution in [1.82, 2.24) is 10.6 Å². The van der Waals surface area contributed by atoms with Gasteiger partial charge in [-0.05, 0) is 25.0 Å². The standard InChI is InChI=1S/C23H32N4O2S2/c1-20-5-13-26(14-6-20)12-3-4-22(28)24-10-18-30-31-19-11-25-23(29)9-17-27-15-7-21(2)8-16-27/h5-8,13-16H,3-4,9-12,17-19H2,1-2H3/p+2. The van der Waals surface area contributed by atoms with Crippen LogP contribution in [-0.4, -0.2) is 36.4 Å². The van der Waals surface area contributed by atoms with Gasteiger partial charge in [-0.15, -0.1) is 0 Å². The molecule has 168 valence electrons. The Morgan fingerprint density at radius 1 is 0.742 bits per heavy atom. The third kappa shape index (κ3) is 11.8. The van der Waals surface area contributed by atoms with Crippen LogP contribution in [0.5, 0.6) is 0 Å². The van der Waals surface area contributed by atoms with Gasteiger partial charge in [-0.25, -0.2) is 9.13 Å². The Labute approximate surface area is 193 Å². The van der Waals surface area contributed by atoms with Crippen molar-refractivity contribution in [2.75, 3.05) is 24.6 Å². The van der Waals surface area contributed by atoms with Crippen LogP contribution in [0.2, 0.25) is 0 Å². The smallest absolute Gasteiger partial charge is 0.226 e. The van der Waals surface area contributed by atoms with E-state index in [4.69, 9.17) is 0 Å². The largest absolute Gasteiger partial charge is 0.355 e. The number of rotatable bonds is 14. The molecule has 2 aromatic rings. The van der Waals surface area contributed by atoms with Crippen LogP contribution in [0.4, 0.5) is 0 Å². The van der Waals surface area contributed by atoms with E-state index in [0.717, 1.165) is 24.5 Å². The summed E-state index contributed by atoms with van der Waals surface area (Å²) in [4.78, 5) is 23.8. The minimum Gasteiger partial charge on any atom is -0.355 e. The van der Waals surface area contributed by atoms with Crippen LogP contribution in [0.15, 0.2) is 49.1 Å². The molecule has 2 N–H and O–H groups in total. The summed E-state index contributed by atoms with van der Waals surface area (Å²) < 4.78 is 4.12. The number of carbonyl (C=O) groups is 2. The normalized spacial score (nSPS) is 10.6. The first-order valence-electron chi connectivity index (χ1n) is 10.7. The highest BCUT2D eigenvalue weighted by Crippen LogP contribution is 2.19. The SMILES string of the molecule is Cc1cc[n+](CCCC(=O)NCCSSCCNC(=O)CC[n+]2ccc(C)cc2)cc1. The van der Waals surface area contributed by atoms with Crippen LogP contribution < -0.4 is 19.8 Å². The molecular formula is C23H34N4O2S2+2. The lowest BCUT2D eigenvalue weighted by Crippen LogP contribution is -2.36. The summed E-state index contributed by atoms with van der Waals surface area (Å²) >= 11 is 0. The first-order chi connectivity index (χ1) is 15.0. The molecule has 2 amide bonds. The highest BCUT2D eigenvalue weighted by atomic mass is 33.1. The van der Waals surface area contributed by atoms with E-state index in [-0.39, 0.29) is 11.8 Å². The minimum absolute atomic E-state index is 0.0785. The molecule has 31 heavy (non-hydrogen) atoms. The number of aromatic nitrogens is 2. The van der Waals surface area contributed by atoms with Crippen LogP contribution in [0, 0.1) is 13.8 Å².